The molecule has 0 saturated carbocycles. The topological polar surface area (TPSA) is 66.9 Å². The highest BCUT2D eigenvalue weighted by molar-refractivity contribution is 14.1. The minimum Gasteiger partial charge on any atom is -0.465 e. The van der Waals surface area contributed by atoms with Gasteiger partial charge in [0.1, 0.15) is 0 Å². The van der Waals surface area contributed by atoms with Crippen molar-refractivity contribution in [3.8, 4) is 0 Å². The van der Waals surface area contributed by atoms with Gasteiger partial charge in [0.15, 0.2) is 0 Å². The van der Waals surface area contributed by atoms with Crippen LogP contribution in [0.2, 0.25) is 0 Å². The first-order valence-electron chi connectivity index (χ1n) is 7.07. The molecule has 0 amide bonds. The number of hydrogen-bond donors (Lipinski definition) is 0. The predicted octanol–water partition coefficient (Wildman–Crippen LogP) is 1.16. The van der Waals surface area contributed by atoms with Gasteiger partial charge >= 0.3 is 5.97 Å². The van der Waals surface area contributed by atoms with Crippen molar-refractivity contribution in [1.82, 2.24) is 9.21 Å². The molecule has 8 heteroatoms. The minimum absolute atomic E-state index is 0.214. The van der Waals surface area contributed by atoms with Gasteiger partial charge in [0.05, 0.1) is 18.0 Å². The highest BCUT2D eigenvalue weighted by Gasteiger charge is 2.29. The number of carbonyl (C=O) groups is 1. The quantitative estimate of drug-likeness (QED) is 0.510. The first-order chi connectivity index (χ1) is 10.4. The maximum Gasteiger partial charge on any atom is 0.320 e. The molecule has 0 aromatic heterocycles. The van der Waals surface area contributed by atoms with E-state index in [-0.39, 0.29) is 12.5 Å². The lowest BCUT2D eigenvalue weighted by Gasteiger charge is -2.33. The second-order valence-corrected chi connectivity index (χ2v) is 8.12. The Hall–Kier alpha value is -0.710. The number of carbonyl (C=O) groups excluding carboxylic acids is 1. The summed E-state index contributed by atoms with van der Waals surface area (Å²) in [5, 5.41) is 0. The van der Waals surface area contributed by atoms with Crippen LogP contribution in [0.1, 0.15) is 6.92 Å². The summed E-state index contributed by atoms with van der Waals surface area (Å²) in [5.41, 5.74) is 0. The maximum absolute atomic E-state index is 12.5. The van der Waals surface area contributed by atoms with Crippen LogP contribution in [0.25, 0.3) is 0 Å². The van der Waals surface area contributed by atoms with E-state index in [1.165, 1.54) is 4.31 Å². The number of hydrogen-bond acceptors (Lipinski definition) is 5. The number of esters is 1. The van der Waals surface area contributed by atoms with Crippen LogP contribution >= 0.6 is 22.6 Å². The normalized spacial score (nSPS) is 17.4. The third-order valence-electron chi connectivity index (χ3n) is 3.44. The number of benzene rings is 1. The van der Waals surface area contributed by atoms with Crippen molar-refractivity contribution in [2.75, 3.05) is 39.3 Å². The second-order valence-electron chi connectivity index (χ2n) is 4.94. The van der Waals surface area contributed by atoms with Gasteiger partial charge in [-0.15, -0.1) is 0 Å². The fraction of sp³-hybridized carbons (Fsp3) is 0.500. The second kappa shape index (κ2) is 7.71. The first-order valence-corrected chi connectivity index (χ1v) is 9.59. The molecule has 1 aromatic carbocycles. The van der Waals surface area contributed by atoms with Crippen LogP contribution in [0.3, 0.4) is 0 Å². The summed E-state index contributed by atoms with van der Waals surface area (Å²) in [4.78, 5) is 13.7. The standard InChI is InChI=1S/C14H19IN2O4S/c1-2-21-14(18)11-16-7-9-17(10-8-16)22(19,20)13-5-3-12(15)4-6-13/h3-6H,2,7-11H2,1H3. The lowest BCUT2D eigenvalue weighted by Crippen LogP contribution is -2.49. The van der Waals surface area contributed by atoms with Gasteiger partial charge in [-0.3, -0.25) is 9.69 Å². The highest BCUT2D eigenvalue weighted by atomic mass is 127. The summed E-state index contributed by atoms with van der Waals surface area (Å²) >= 11 is 2.14. The fourth-order valence-corrected chi connectivity index (χ4v) is 4.05. The zero-order chi connectivity index (χ0) is 16.2. The maximum atomic E-state index is 12.5. The van der Waals surface area contributed by atoms with Gasteiger partial charge in [0.25, 0.3) is 0 Å². The van der Waals surface area contributed by atoms with Gasteiger partial charge in [-0.25, -0.2) is 8.42 Å². The highest BCUT2D eigenvalue weighted by Crippen LogP contribution is 2.18. The van der Waals surface area contributed by atoms with Crippen molar-refractivity contribution < 1.29 is 17.9 Å². The summed E-state index contributed by atoms with van der Waals surface area (Å²) in [5.74, 6) is -0.267. The van der Waals surface area contributed by atoms with E-state index in [1.807, 2.05) is 4.90 Å². The molecule has 1 heterocycles. The van der Waals surface area contributed by atoms with Gasteiger partial charge < -0.3 is 4.74 Å². The van der Waals surface area contributed by atoms with E-state index in [4.69, 9.17) is 4.74 Å². The summed E-state index contributed by atoms with van der Waals surface area (Å²) in [6.45, 7) is 4.17. The van der Waals surface area contributed by atoms with Gasteiger partial charge in [-0.2, -0.15) is 4.31 Å². The summed E-state index contributed by atoms with van der Waals surface area (Å²) in [6.07, 6.45) is 0. The summed E-state index contributed by atoms with van der Waals surface area (Å²) in [6, 6.07) is 6.82. The molecule has 122 valence electrons. The molecule has 0 bridgehead atoms. The Balaban J connectivity index is 1.96. The summed E-state index contributed by atoms with van der Waals surface area (Å²) < 4.78 is 32.5. The Kier molecular flexibility index (Phi) is 6.18. The zero-order valence-electron chi connectivity index (χ0n) is 12.4. The molecule has 1 aliphatic rings. The SMILES string of the molecule is CCOC(=O)CN1CCN(S(=O)(=O)c2ccc(I)cc2)CC1. The number of halogens is 1. The molecule has 6 nitrogen and oxygen atoms in total. The average molecular weight is 438 g/mol. The molecule has 22 heavy (non-hydrogen) atoms. The lowest BCUT2D eigenvalue weighted by molar-refractivity contribution is -0.144. The number of piperazine rings is 1. The molecule has 2 rings (SSSR count). The summed E-state index contributed by atoms with van der Waals surface area (Å²) in [7, 11) is -3.45. The average Bonchev–Trinajstić information content (AvgIpc) is 2.48. The molecule has 0 aliphatic carbocycles. The Bertz CT molecular complexity index is 610. The van der Waals surface area contributed by atoms with E-state index in [0.29, 0.717) is 37.7 Å². The third kappa shape index (κ3) is 4.40. The molecule has 1 aliphatic heterocycles. The van der Waals surface area contributed by atoms with Crippen LogP contribution in [0.5, 0.6) is 0 Å². The van der Waals surface area contributed by atoms with E-state index in [1.54, 1.807) is 31.2 Å². The molecule has 0 atom stereocenters. The zero-order valence-corrected chi connectivity index (χ0v) is 15.3. The van der Waals surface area contributed by atoms with Crippen molar-refractivity contribution in [3.05, 3.63) is 27.8 Å². The van der Waals surface area contributed by atoms with E-state index in [2.05, 4.69) is 22.6 Å². The number of rotatable bonds is 5. The Morgan fingerprint density at radius 3 is 2.32 bits per heavy atom. The van der Waals surface area contributed by atoms with Crippen LogP contribution < -0.4 is 0 Å². The molecule has 1 fully saturated rings. The molecule has 0 unspecified atom stereocenters. The third-order valence-corrected chi connectivity index (χ3v) is 6.07. The van der Waals surface area contributed by atoms with Gasteiger partial charge in [-0.1, -0.05) is 0 Å². The molecular weight excluding hydrogens is 419 g/mol. The predicted molar refractivity (Wildman–Crippen MR) is 91.0 cm³/mol. The van der Waals surface area contributed by atoms with Gasteiger partial charge in [-0.05, 0) is 53.8 Å². The molecule has 0 N–H and O–H groups in total. The fourth-order valence-electron chi connectivity index (χ4n) is 2.27. The number of ether oxygens (including phenoxy) is 1. The molecule has 0 spiro atoms. The van der Waals surface area contributed by atoms with E-state index < -0.39 is 10.0 Å². The lowest BCUT2D eigenvalue weighted by atomic mass is 10.3. The van der Waals surface area contributed by atoms with Crippen molar-refractivity contribution in [3.63, 3.8) is 0 Å². The molecular formula is C14H19IN2O4S. The van der Waals surface area contributed by atoms with Crippen molar-refractivity contribution in [1.29, 1.82) is 0 Å². The van der Waals surface area contributed by atoms with Gasteiger partial charge in [0, 0.05) is 29.7 Å². The smallest absolute Gasteiger partial charge is 0.320 e. The van der Waals surface area contributed by atoms with Crippen LogP contribution in [0, 0.1) is 3.57 Å². The van der Waals surface area contributed by atoms with Crippen LogP contribution in [0.4, 0.5) is 0 Å². The van der Waals surface area contributed by atoms with Crippen molar-refractivity contribution >= 4 is 38.6 Å². The van der Waals surface area contributed by atoms with Crippen molar-refractivity contribution in [2.24, 2.45) is 0 Å². The Morgan fingerprint density at radius 2 is 1.77 bits per heavy atom. The largest absolute Gasteiger partial charge is 0.465 e. The van der Waals surface area contributed by atoms with E-state index >= 15 is 0 Å². The van der Waals surface area contributed by atoms with Crippen molar-refractivity contribution in [2.45, 2.75) is 11.8 Å². The molecule has 1 aromatic rings. The monoisotopic (exact) mass is 438 g/mol. The van der Waals surface area contributed by atoms with Crippen LogP contribution in [-0.2, 0) is 19.6 Å². The first kappa shape index (κ1) is 17.6. The van der Waals surface area contributed by atoms with Gasteiger partial charge in [0.2, 0.25) is 10.0 Å². The Morgan fingerprint density at radius 1 is 1.18 bits per heavy atom. The van der Waals surface area contributed by atoms with Crippen LogP contribution in [-0.4, -0.2) is 62.9 Å². The number of sulfonamides is 1. The minimum atomic E-state index is -3.45. The molecule has 0 radical (unpaired) electrons. The molecule has 1 saturated heterocycles. The van der Waals surface area contributed by atoms with Crippen LogP contribution in [0.15, 0.2) is 29.2 Å². The van der Waals surface area contributed by atoms with E-state index in [0.717, 1.165) is 3.57 Å². The van der Waals surface area contributed by atoms with E-state index in [9.17, 15) is 13.2 Å². The Labute approximate surface area is 144 Å². The number of nitrogens with zero attached hydrogens (tertiary/aromatic N) is 2.